The van der Waals surface area contributed by atoms with Gasteiger partial charge >= 0.3 is 0 Å². The highest BCUT2D eigenvalue weighted by Crippen LogP contribution is 2.25. The number of rotatable bonds is 2. The monoisotopic (exact) mass is 316 g/mol. The molecular formula is C16H24N6O. The molecule has 0 spiro atoms. The lowest BCUT2D eigenvalue weighted by Crippen LogP contribution is -2.49. The molecular weight excluding hydrogens is 292 g/mol. The van der Waals surface area contributed by atoms with Crippen molar-refractivity contribution in [2.75, 3.05) is 18.0 Å². The van der Waals surface area contributed by atoms with Gasteiger partial charge in [-0.2, -0.15) is 0 Å². The molecule has 7 nitrogen and oxygen atoms in total. The van der Waals surface area contributed by atoms with Crippen molar-refractivity contribution in [2.45, 2.75) is 46.1 Å². The fraction of sp³-hybridized carbons (Fsp3) is 0.625. The molecule has 0 radical (unpaired) electrons. The lowest BCUT2D eigenvalue weighted by Gasteiger charge is -2.34. The summed E-state index contributed by atoms with van der Waals surface area (Å²) in [6.45, 7) is 9.49. The van der Waals surface area contributed by atoms with Crippen molar-refractivity contribution in [1.29, 1.82) is 0 Å². The highest BCUT2D eigenvalue weighted by atomic mass is 16.2. The number of nitrogens with one attached hydrogen (secondary N) is 1. The van der Waals surface area contributed by atoms with Crippen LogP contribution in [0.5, 0.6) is 0 Å². The predicted molar refractivity (Wildman–Crippen MR) is 88.4 cm³/mol. The van der Waals surface area contributed by atoms with Crippen molar-refractivity contribution in [3.63, 3.8) is 0 Å². The van der Waals surface area contributed by atoms with Crippen LogP contribution in [-0.2, 0) is 4.79 Å². The first kappa shape index (κ1) is 15.7. The van der Waals surface area contributed by atoms with E-state index in [1.165, 1.54) is 0 Å². The van der Waals surface area contributed by atoms with E-state index >= 15 is 0 Å². The Morgan fingerprint density at radius 3 is 2.87 bits per heavy atom. The predicted octanol–water partition coefficient (Wildman–Crippen LogP) is 1.56. The number of carbonyl (C=O) groups excluding carboxylic acids is 1. The highest BCUT2D eigenvalue weighted by molar-refractivity contribution is 5.80. The fourth-order valence-corrected chi connectivity index (χ4v) is 3.01. The van der Waals surface area contributed by atoms with Crippen molar-refractivity contribution >= 4 is 17.4 Å². The van der Waals surface area contributed by atoms with Crippen LogP contribution in [-0.4, -0.2) is 44.1 Å². The van der Waals surface area contributed by atoms with Gasteiger partial charge in [0.1, 0.15) is 5.82 Å². The summed E-state index contributed by atoms with van der Waals surface area (Å²) in [5, 5.41) is 11.4. The third kappa shape index (κ3) is 3.28. The maximum Gasteiger partial charge on any atom is 0.225 e. The van der Waals surface area contributed by atoms with E-state index in [9.17, 15) is 4.79 Å². The van der Waals surface area contributed by atoms with Crippen molar-refractivity contribution in [2.24, 2.45) is 5.92 Å². The molecule has 1 N–H and O–H groups in total. The van der Waals surface area contributed by atoms with Crippen LogP contribution in [0.25, 0.3) is 5.65 Å². The standard InChI is InChI=1S/C16H24N6O/c1-11-19-20-14-13(17-7-9-22(11)14)21-8-5-6-12(10-21)15(23)18-16(2,3)4/h7,9,12H,5-6,8,10H2,1-4H3,(H,18,23). The molecule has 0 aliphatic carbocycles. The number of carbonyl (C=O) groups is 1. The first-order valence-electron chi connectivity index (χ1n) is 8.08. The number of anilines is 1. The van der Waals surface area contributed by atoms with Gasteiger partial charge in [0.15, 0.2) is 5.82 Å². The molecule has 1 saturated heterocycles. The van der Waals surface area contributed by atoms with E-state index in [1.807, 2.05) is 38.3 Å². The first-order valence-corrected chi connectivity index (χ1v) is 8.08. The van der Waals surface area contributed by atoms with Crippen LogP contribution in [0.2, 0.25) is 0 Å². The van der Waals surface area contributed by atoms with Crippen LogP contribution in [0.15, 0.2) is 12.4 Å². The second-order valence-electron chi connectivity index (χ2n) is 7.22. The first-order chi connectivity index (χ1) is 10.8. The summed E-state index contributed by atoms with van der Waals surface area (Å²) in [4.78, 5) is 19.1. The summed E-state index contributed by atoms with van der Waals surface area (Å²) in [6.07, 6.45) is 5.50. The SMILES string of the molecule is Cc1nnc2c(N3CCCC(C(=O)NC(C)(C)C)C3)nccn12. The molecule has 3 rings (SSSR count). The summed E-state index contributed by atoms with van der Waals surface area (Å²) in [7, 11) is 0. The molecule has 1 aliphatic rings. The molecule has 1 unspecified atom stereocenters. The summed E-state index contributed by atoms with van der Waals surface area (Å²) in [6, 6.07) is 0. The smallest absolute Gasteiger partial charge is 0.225 e. The Morgan fingerprint density at radius 2 is 2.13 bits per heavy atom. The average Bonchev–Trinajstić information content (AvgIpc) is 2.87. The molecule has 2 aromatic heterocycles. The van der Waals surface area contributed by atoms with E-state index in [1.54, 1.807) is 6.20 Å². The molecule has 0 saturated carbocycles. The Labute approximate surface area is 136 Å². The summed E-state index contributed by atoms with van der Waals surface area (Å²) < 4.78 is 1.93. The Hall–Kier alpha value is -2.18. The zero-order chi connectivity index (χ0) is 16.6. The Balaban J connectivity index is 1.82. The minimum Gasteiger partial charge on any atom is -0.353 e. The van der Waals surface area contributed by atoms with Crippen molar-refractivity contribution in [3.05, 3.63) is 18.2 Å². The number of aryl methyl sites for hydroxylation is 1. The molecule has 2 aromatic rings. The molecule has 7 heteroatoms. The van der Waals surface area contributed by atoms with Crippen LogP contribution in [0.3, 0.4) is 0 Å². The summed E-state index contributed by atoms with van der Waals surface area (Å²) in [5.41, 5.74) is 0.545. The van der Waals surface area contributed by atoms with Gasteiger partial charge in [-0.3, -0.25) is 9.20 Å². The third-order valence-corrected chi connectivity index (χ3v) is 4.07. The molecule has 0 aromatic carbocycles. The number of aromatic nitrogens is 4. The maximum absolute atomic E-state index is 12.5. The number of hydrogen-bond acceptors (Lipinski definition) is 5. The number of amides is 1. The molecule has 124 valence electrons. The van der Waals surface area contributed by atoms with E-state index in [-0.39, 0.29) is 17.4 Å². The van der Waals surface area contributed by atoms with Crippen molar-refractivity contribution in [1.82, 2.24) is 24.9 Å². The van der Waals surface area contributed by atoms with E-state index in [2.05, 4.69) is 25.4 Å². The van der Waals surface area contributed by atoms with Crippen molar-refractivity contribution in [3.8, 4) is 0 Å². The molecule has 1 amide bonds. The van der Waals surface area contributed by atoms with Gasteiger partial charge in [-0.15, -0.1) is 10.2 Å². The van der Waals surface area contributed by atoms with Gasteiger partial charge in [0.2, 0.25) is 11.6 Å². The molecule has 0 bridgehead atoms. The molecule has 1 atom stereocenters. The minimum atomic E-state index is -0.207. The zero-order valence-corrected chi connectivity index (χ0v) is 14.2. The van der Waals surface area contributed by atoms with Gasteiger partial charge in [0, 0.05) is 31.0 Å². The molecule has 1 fully saturated rings. The van der Waals surface area contributed by atoms with Crippen LogP contribution in [0.4, 0.5) is 5.82 Å². The van der Waals surface area contributed by atoms with Gasteiger partial charge < -0.3 is 10.2 Å². The summed E-state index contributed by atoms with van der Waals surface area (Å²) >= 11 is 0. The Morgan fingerprint density at radius 1 is 1.35 bits per heavy atom. The van der Waals surface area contributed by atoms with Crippen LogP contribution in [0, 0.1) is 12.8 Å². The van der Waals surface area contributed by atoms with Gasteiger partial charge in [-0.1, -0.05) is 0 Å². The number of nitrogens with zero attached hydrogens (tertiary/aromatic N) is 5. The average molecular weight is 316 g/mol. The topological polar surface area (TPSA) is 75.4 Å². The minimum absolute atomic E-state index is 0.0194. The van der Waals surface area contributed by atoms with Gasteiger partial charge in [-0.25, -0.2) is 4.98 Å². The van der Waals surface area contributed by atoms with E-state index in [0.29, 0.717) is 6.54 Å². The third-order valence-electron chi connectivity index (χ3n) is 4.07. The second kappa shape index (κ2) is 5.79. The van der Waals surface area contributed by atoms with Gasteiger partial charge in [-0.05, 0) is 40.5 Å². The van der Waals surface area contributed by atoms with Crippen LogP contribution >= 0.6 is 0 Å². The Kier molecular flexibility index (Phi) is 3.95. The highest BCUT2D eigenvalue weighted by Gasteiger charge is 2.29. The number of piperidine rings is 1. The lowest BCUT2D eigenvalue weighted by atomic mass is 9.95. The van der Waals surface area contributed by atoms with Gasteiger partial charge in [0.25, 0.3) is 0 Å². The summed E-state index contributed by atoms with van der Waals surface area (Å²) in [5.74, 6) is 1.74. The quantitative estimate of drug-likeness (QED) is 0.910. The van der Waals surface area contributed by atoms with E-state index < -0.39 is 0 Å². The number of fused-ring (bicyclic) bond motifs is 1. The second-order valence-corrected chi connectivity index (χ2v) is 7.22. The largest absolute Gasteiger partial charge is 0.353 e. The lowest BCUT2D eigenvalue weighted by molar-refractivity contribution is -0.126. The zero-order valence-electron chi connectivity index (χ0n) is 14.2. The number of hydrogen-bond donors (Lipinski definition) is 1. The molecule has 23 heavy (non-hydrogen) atoms. The molecule has 3 heterocycles. The van der Waals surface area contributed by atoms with Crippen LogP contribution in [0.1, 0.15) is 39.4 Å². The van der Waals surface area contributed by atoms with Crippen LogP contribution < -0.4 is 10.2 Å². The van der Waals surface area contributed by atoms with Crippen molar-refractivity contribution < 1.29 is 4.79 Å². The normalized spacial score (nSPS) is 19.1. The molecule has 1 aliphatic heterocycles. The van der Waals surface area contributed by atoms with Gasteiger partial charge in [0.05, 0.1) is 5.92 Å². The Bertz CT molecular complexity index is 717. The fourth-order valence-electron chi connectivity index (χ4n) is 3.01. The van der Waals surface area contributed by atoms with E-state index in [4.69, 9.17) is 0 Å². The maximum atomic E-state index is 12.5. The van der Waals surface area contributed by atoms with E-state index in [0.717, 1.165) is 36.7 Å².